The number of nitrogens with one attached hydrogen (secondary N) is 1. The Morgan fingerprint density at radius 2 is 1.57 bits per heavy atom. The van der Waals surface area contributed by atoms with Crippen molar-refractivity contribution in [3.63, 3.8) is 0 Å². The highest BCUT2D eigenvalue weighted by molar-refractivity contribution is 5.94. The van der Waals surface area contributed by atoms with Crippen LogP contribution < -0.4 is 16.8 Å². The van der Waals surface area contributed by atoms with Crippen LogP contribution in [-0.4, -0.2) is 12.5 Å². The lowest BCUT2D eigenvalue weighted by Gasteiger charge is -2.15. The topological polar surface area (TPSA) is 81.1 Å². The predicted molar refractivity (Wildman–Crippen MR) is 94.1 cm³/mol. The molecule has 0 radical (unpaired) electrons. The molecule has 0 saturated heterocycles. The molecule has 1 amide bonds. The first-order valence-electron chi connectivity index (χ1n) is 7.94. The molecule has 122 valence electrons. The normalized spacial score (nSPS) is 12.2. The van der Waals surface area contributed by atoms with Crippen molar-refractivity contribution >= 4 is 5.91 Å². The lowest BCUT2D eigenvalue weighted by Crippen LogP contribution is -2.31. The summed E-state index contributed by atoms with van der Waals surface area (Å²) in [5.41, 5.74) is 15.6. The van der Waals surface area contributed by atoms with E-state index in [1.54, 1.807) is 12.1 Å². The third kappa shape index (κ3) is 4.65. The van der Waals surface area contributed by atoms with Gasteiger partial charge >= 0.3 is 0 Å². The summed E-state index contributed by atoms with van der Waals surface area (Å²) < 4.78 is 0. The summed E-state index contributed by atoms with van der Waals surface area (Å²) in [4.78, 5) is 12.1. The van der Waals surface area contributed by atoms with Gasteiger partial charge < -0.3 is 16.8 Å². The van der Waals surface area contributed by atoms with Crippen LogP contribution in [0, 0.1) is 0 Å². The third-order valence-electron chi connectivity index (χ3n) is 3.97. The minimum atomic E-state index is -0.219. The zero-order chi connectivity index (χ0) is 16.8. The summed E-state index contributed by atoms with van der Waals surface area (Å²) in [6.07, 6.45) is 0. The van der Waals surface area contributed by atoms with Crippen LogP contribution >= 0.6 is 0 Å². The fourth-order valence-electron chi connectivity index (χ4n) is 2.34. The number of rotatable bonds is 6. The summed E-state index contributed by atoms with van der Waals surface area (Å²) in [6, 6.07) is 15.3. The molecule has 0 aromatic heterocycles. The van der Waals surface area contributed by atoms with Crippen molar-refractivity contribution in [2.45, 2.75) is 32.4 Å². The standard InChI is InChI=1S/C19H25N3O/c1-13(2)15-7-9-16(10-8-15)18(21)12-22-19(23)17-5-3-14(11-20)4-6-17/h3-10,13,18H,11-12,20-21H2,1-2H3,(H,22,23). The van der Waals surface area contributed by atoms with Gasteiger partial charge in [-0.15, -0.1) is 0 Å². The summed E-state index contributed by atoms with van der Waals surface area (Å²) in [7, 11) is 0. The maximum atomic E-state index is 12.1. The minimum Gasteiger partial charge on any atom is -0.350 e. The van der Waals surface area contributed by atoms with Crippen LogP contribution in [0.25, 0.3) is 0 Å². The van der Waals surface area contributed by atoms with Crippen LogP contribution in [0.5, 0.6) is 0 Å². The Bertz CT molecular complexity index is 633. The van der Waals surface area contributed by atoms with E-state index in [-0.39, 0.29) is 11.9 Å². The number of nitrogens with two attached hydrogens (primary N) is 2. The van der Waals surface area contributed by atoms with Crippen LogP contribution in [0.3, 0.4) is 0 Å². The Morgan fingerprint density at radius 1 is 1.00 bits per heavy atom. The van der Waals surface area contributed by atoms with Crippen molar-refractivity contribution < 1.29 is 4.79 Å². The predicted octanol–water partition coefficient (Wildman–Crippen LogP) is 2.70. The second-order valence-electron chi connectivity index (χ2n) is 6.04. The first-order chi connectivity index (χ1) is 11.0. The Balaban J connectivity index is 1.92. The summed E-state index contributed by atoms with van der Waals surface area (Å²) >= 11 is 0. The van der Waals surface area contributed by atoms with Crippen molar-refractivity contribution in [2.24, 2.45) is 11.5 Å². The molecule has 2 aromatic rings. The van der Waals surface area contributed by atoms with E-state index in [9.17, 15) is 4.79 Å². The first kappa shape index (κ1) is 17.2. The molecule has 0 bridgehead atoms. The first-order valence-corrected chi connectivity index (χ1v) is 7.94. The maximum Gasteiger partial charge on any atom is 0.251 e. The van der Waals surface area contributed by atoms with Gasteiger partial charge in [-0.3, -0.25) is 4.79 Å². The summed E-state index contributed by atoms with van der Waals surface area (Å²) in [6.45, 7) is 5.19. The van der Waals surface area contributed by atoms with Crippen molar-refractivity contribution in [3.05, 3.63) is 70.8 Å². The van der Waals surface area contributed by atoms with E-state index in [1.165, 1.54) is 5.56 Å². The molecule has 0 aliphatic heterocycles. The van der Waals surface area contributed by atoms with Gasteiger partial charge in [0, 0.05) is 24.7 Å². The van der Waals surface area contributed by atoms with E-state index < -0.39 is 0 Å². The average molecular weight is 311 g/mol. The number of amides is 1. The molecule has 1 atom stereocenters. The molecule has 2 aromatic carbocycles. The van der Waals surface area contributed by atoms with Gasteiger partial charge in [0.15, 0.2) is 0 Å². The fourth-order valence-corrected chi connectivity index (χ4v) is 2.34. The third-order valence-corrected chi connectivity index (χ3v) is 3.97. The fraction of sp³-hybridized carbons (Fsp3) is 0.316. The average Bonchev–Trinajstić information content (AvgIpc) is 2.59. The second kappa shape index (κ2) is 7.90. The van der Waals surface area contributed by atoms with Crippen LogP contribution in [0.4, 0.5) is 0 Å². The van der Waals surface area contributed by atoms with E-state index in [0.29, 0.717) is 24.6 Å². The molecule has 0 spiro atoms. The largest absolute Gasteiger partial charge is 0.350 e. The van der Waals surface area contributed by atoms with Crippen LogP contribution in [0.1, 0.15) is 52.9 Å². The Kier molecular flexibility index (Phi) is 5.90. The van der Waals surface area contributed by atoms with Gasteiger partial charge in [-0.25, -0.2) is 0 Å². The number of hydrogen-bond donors (Lipinski definition) is 3. The lowest BCUT2D eigenvalue weighted by atomic mass is 9.99. The SMILES string of the molecule is CC(C)c1ccc(C(N)CNC(=O)c2ccc(CN)cc2)cc1. The van der Waals surface area contributed by atoms with Gasteiger partial charge in [0.05, 0.1) is 0 Å². The van der Waals surface area contributed by atoms with Crippen molar-refractivity contribution in [2.75, 3.05) is 6.54 Å². The molecule has 0 saturated carbocycles. The quantitative estimate of drug-likeness (QED) is 0.767. The number of carbonyl (C=O) groups is 1. The molecule has 0 fully saturated rings. The van der Waals surface area contributed by atoms with Crippen LogP contribution in [0.15, 0.2) is 48.5 Å². The highest BCUT2D eigenvalue weighted by atomic mass is 16.1. The van der Waals surface area contributed by atoms with Gasteiger partial charge in [-0.05, 0) is 34.7 Å². The van der Waals surface area contributed by atoms with Crippen molar-refractivity contribution in [1.82, 2.24) is 5.32 Å². The molecular weight excluding hydrogens is 286 g/mol. The molecule has 0 aliphatic rings. The Labute approximate surface area is 137 Å². The molecule has 23 heavy (non-hydrogen) atoms. The molecule has 4 nitrogen and oxygen atoms in total. The molecule has 2 rings (SSSR count). The van der Waals surface area contributed by atoms with Gasteiger partial charge in [0.25, 0.3) is 5.91 Å². The minimum absolute atomic E-state index is 0.122. The van der Waals surface area contributed by atoms with Gasteiger partial charge in [0.1, 0.15) is 0 Å². The molecule has 0 aliphatic carbocycles. The molecule has 0 heterocycles. The number of carbonyl (C=O) groups excluding carboxylic acids is 1. The Morgan fingerprint density at radius 3 is 2.09 bits per heavy atom. The zero-order valence-electron chi connectivity index (χ0n) is 13.8. The Hall–Kier alpha value is -2.17. The smallest absolute Gasteiger partial charge is 0.251 e. The van der Waals surface area contributed by atoms with E-state index in [1.807, 2.05) is 24.3 Å². The van der Waals surface area contributed by atoms with E-state index >= 15 is 0 Å². The van der Waals surface area contributed by atoms with Crippen LogP contribution in [0.2, 0.25) is 0 Å². The number of benzene rings is 2. The van der Waals surface area contributed by atoms with E-state index in [0.717, 1.165) is 11.1 Å². The molecule has 5 N–H and O–H groups in total. The zero-order valence-corrected chi connectivity index (χ0v) is 13.8. The van der Waals surface area contributed by atoms with Gasteiger partial charge in [-0.2, -0.15) is 0 Å². The highest BCUT2D eigenvalue weighted by Crippen LogP contribution is 2.17. The monoisotopic (exact) mass is 311 g/mol. The summed E-state index contributed by atoms with van der Waals surface area (Å²) in [5.74, 6) is 0.374. The van der Waals surface area contributed by atoms with E-state index in [2.05, 4.69) is 31.3 Å². The van der Waals surface area contributed by atoms with E-state index in [4.69, 9.17) is 11.5 Å². The highest BCUT2D eigenvalue weighted by Gasteiger charge is 2.10. The summed E-state index contributed by atoms with van der Waals surface area (Å²) in [5, 5.41) is 2.88. The van der Waals surface area contributed by atoms with Gasteiger partial charge in [-0.1, -0.05) is 50.2 Å². The molecular formula is C19H25N3O. The molecule has 4 heteroatoms. The van der Waals surface area contributed by atoms with Gasteiger partial charge in [0.2, 0.25) is 0 Å². The van der Waals surface area contributed by atoms with Crippen LogP contribution in [-0.2, 0) is 6.54 Å². The number of hydrogen-bond acceptors (Lipinski definition) is 3. The lowest BCUT2D eigenvalue weighted by molar-refractivity contribution is 0.0951. The maximum absolute atomic E-state index is 12.1. The van der Waals surface area contributed by atoms with Crippen molar-refractivity contribution in [3.8, 4) is 0 Å². The van der Waals surface area contributed by atoms with Crippen molar-refractivity contribution in [1.29, 1.82) is 0 Å². The molecule has 1 unspecified atom stereocenters. The second-order valence-corrected chi connectivity index (χ2v) is 6.04.